The van der Waals surface area contributed by atoms with Crippen molar-refractivity contribution in [2.45, 2.75) is 6.54 Å². The predicted octanol–water partition coefficient (Wildman–Crippen LogP) is 5.43. The van der Waals surface area contributed by atoms with E-state index in [-0.39, 0.29) is 5.82 Å². The fraction of sp³-hybridized carbons (Fsp3) is 0.111. The highest BCUT2D eigenvalue weighted by Gasteiger charge is 2.16. The van der Waals surface area contributed by atoms with Gasteiger partial charge in [-0.2, -0.15) is 5.10 Å². The van der Waals surface area contributed by atoms with Gasteiger partial charge in [0.05, 0.1) is 28.8 Å². The van der Waals surface area contributed by atoms with Crippen LogP contribution in [0, 0.1) is 5.82 Å². The zero-order chi connectivity index (χ0) is 23.9. The average molecular weight is 464 g/mol. The number of benzene rings is 1. The van der Waals surface area contributed by atoms with Crippen LogP contribution < -0.4 is 0 Å². The predicted molar refractivity (Wildman–Crippen MR) is 135 cm³/mol. The summed E-state index contributed by atoms with van der Waals surface area (Å²) in [6.45, 7) is 0.799. The number of fused-ring (bicyclic) bond motifs is 2. The van der Waals surface area contributed by atoms with E-state index in [9.17, 15) is 4.39 Å². The Labute approximate surface area is 200 Å². The number of pyridine rings is 3. The van der Waals surface area contributed by atoms with E-state index in [0.29, 0.717) is 11.3 Å². The van der Waals surface area contributed by atoms with E-state index >= 15 is 0 Å². The van der Waals surface area contributed by atoms with E-state index in [2.05, 4.69) is 41.1 Å². The molecule has 6 rings (SSSR count). The van der Waals surface area contributed by atoms with Crippen LogP contribution in [0.2, 0.25) is 0 Å². The van der Waals surface area contributed by atoms with E-state index < -0.39 is 0 Å². The standard InChI is InChI=1S/C27H22FN7/c1-35(2)15-16-9-17(13-29-12-16)23-10-20-25(14-31-23)33-34-27(20)24-11-19-22(32-24)7-8-30-26(19)18-5-3-4-6-21(18)28/h3-14,32H,15H2,1-2H3,(H,33,34). The van der Waals surface area contributed by atoms with Gasteiger partial charge in [0, 0.05) is 52.6 Å². The van der Waals surface area contributed by atoms with Gasteiger partial charge in [0.2, 0.25) is 0 Å². The van der Waals surface area contributed by atoms with Crippen molar-refractivity contribution in [3.63, 3.8) is 0 Å². The molecule has 7 nitrogen and oxygen atoms in total. The van der Waals surface area contributed by atoms with Gasteiger partial charge in [-0.3, -0.25) is 20.1 Å². The number of H-pyrrole nitrogens is 2. The lowest BCUT2D eigenvalue weighted by Gasteiger charge is -2.10. The lowest BCUT2D eigenvalue weighted by Crippen LogP contribution is -2.10. The Kier molecular flexibility index (Phi) is 5.08. The first-order valence-electron chi connectivity index (χ1n) is 11.2. The maximum absolute atomic E-state index is 14.5. The molecule has 1 aromatic carbocycles. The maximum Gasteiger partial charge on any atom is 0.132 e. The van der Waals surface area contributed by atoms with Crippen LogP contribution in [0.15, 0.2) is 73.3 Å². The van der Waals surface area contributed by atoms with E-state index in [1.165, 1.54) is 6.07 Å². The molecule has 172 valence electrons. The van der Waals surface area contributed by atoms with Crippen molar-refractivity contribution in [2.75, 3.05) is 14.1 Å². The number of hydrogen-bond donors (Lipinski definition) is 2. The molecule has 0 radical (unpaired) electrons. The van der Waals surface area contributed by atoms with Gasteiger partial charge in [-0.1, -0.05) is 12.1 Å². The number of nitrogens with one attached hydrogen (secondary N) is 2. The van der Waals surface area contributed by atoms with Crippen LogP contribution in [0.3, 0.4) is 0 Å². The second kappa shape index (κ2) is 8.41. The Morgan fingerprint density at radius 3 is 2.60 bits per heavy atom. The number of nitrogens with zero attached hydrogens (tertiary/aromatic N) is 5. The molecule has 0 bridgehead atoms. The molecule has 0 amide bonds. The summed E-state index contributed by atoms with van der Waals surface area (Å²) in [4.78, 5) is 19.0. The third kappa shape index (κ3) is 3.83. The van der Waals surface area contributed by atoms with E-state index in [4.69, 9.17) is 0 Å². The fourth-order valence-electron chi connectivity index (χ4n) is 4.41. The van der Waals surface area contributed by atoms with Crippen molar-refractivity contribution in [3.05, 3.63) is 84.7 Å². The number of halogens is 1. The average Bonchev–Trinajstić information content (AvgIpc) is 3.47. The Morgan fingerprint density at radius 2 is 1.74 bits per heavy atom. The summed E-state index contributed by atoms with van der Waals surface area (Å²) in [6.07, 6.45) is 7.16. The number of rotatable bonds is 5. The maximum atomic E-state index is 14.5. The molecule has 0 unspecified atom stereocenters. The first-order valence-corrected chi connectivity index (χ1v) is 11.2. The Bertz CT molecular complexity index is 1680. The first-order chi connectivity index (χ1) is 17.1. The fourth-order valence-corrected chi connectivity index (χ4v) is 4.41. The van der Waals surface area contributed by atoms with Crippen LogP contribution in [-0.4, -0.2) is 49.1 Å². The van der Waals surface area contributed by atoms with Gasteiger partial charge < -0.3 is 9.88 Å². The summed E-state index contributed by atoms with van der Waals surface area (Å²) >= 11 is 0. The van der Waals surface area contributed by atoms with Crippen molar-refractivity contribution in [2.24, 2.45) is 0 Å². The van der Waals surface area contributed by atoms with Gasteiger partial charge in [0.15, 0.2) is 0 Å². The minimum absolute atomic E-state index is 0.304. The molecule has 0 aliphatic heterocycles. The molecule has 0 aliphatic rings. The van der Waals surface area contributed by atoms with Crippen LogP contribution in [-0.2, 0) is 6.54 Å². The lowest BCUT2D eigenvalue weighted by molar-refractivity contribution is 0.402. The molecule has 0 saturated heterocycles. The van der Waals surface area contributed by atoms with Crippen molar-refractivity contribution in [3.8, 4) is 33.9 Å². The monoisotopic (exact) mass is 463 g/mol. The summed E-state index contributed by atoms with van der Waals surface area (Å²) in [6, 6.07) is 14.7. The summed E-state index contributed by atoms with van der Waals surface area (Å²) in [5, 5.41) is 9.39. The third-order valence-corrected chi connectivity index (χ3v) is 5.97. The topological polar surface area (TPSA) is 86.4 Å². The van der Waals surface area contributed by atoms with Crippen LogP contribution in [0.25, 0.3) is 55.7 Å². The molecule has 35 heavy (non-hydrogen) atoms. The van der Waals surface area contributed by atoms with E-state index in [1.807, 2.05) is 50.8 Å². The molecular weight excluding hydrogens is 441 g/mol. The van der Waals surface area contributed by atoms with Crippen molar-refractivity contribution < 1.29 is 4.39 Å². The minimum atomic E-state index is -0.304. The summed E-state index contributed by atoms with van der Waals surface area (Å²) in [7, 11) is 4.06. The van der Waals surface area contributed by atoms with Crippen molar-refractivity contribution in [1.29, 1.82) is 0 Å². The zero-order valence-electron chi connectivity index (χ0n) is 19.2. The molecule has 8 heteroatoms. The van der Waals surface area contributed by atoms with E-state index in [0.717, 1.165) is 56.6 Å². The highest BCUT2D eigenvalue weighted by molar-refractivity contribution is 6.00. The van der Waals surface area contributed by atoms with E-state index in [1.54, 1.807) is 24.5 Å². The van der Waals surface area contributed by atoms with Crippen LogP contribution >= 0.6 is 0 Å². The number of hydrogen-bond acceptors (Lipinski definition) is 5. The SMILES string of the molecule is CN(C)Cc1cncc(-c2cc3c(-c4cc5c(-c6ccccc6F)nccc5[nH]4)n[nH]c3cn2)c1. The smallest absolute Gasteiger partial charge is 0.132 e. The Balaban J connectivity index is 1.46. The zero-order valence-corrected chi connectivity index (χ0v) is 19.2. The molecule has 0 atom stereocenters. The van der Waals surface area contributed by atoms with Gasteiger partial charge in [-0.05, 0) is 56.1 Å². The lowest BCUT2D eigenvalue weighted by atomic mass is 10.1. The molecule has 0 fully saturated rings. The summed E-state index contributed by atoms with van der Waals surface area (Å²) in [5.74, 6) is -0.304. The third-order valence-electron chi connectivity index (χ3n) is 5.97. The van der Waals surface area contributed by atoms with Gasteiger partial charge in [-0.15, -0.1) is 0 Å². The molecule has 2 N–H and O–H groups in total. The molecule has 5 heterocycles. The van der Waals surface area contributed by atoms with Crippen LogP contribution in [0.4, 0.5) is 4.39 Å². The normalized spacial score (nSPS) is 11.7. The molecular formula is C27H22FN7. The molecule has 0 aliphatic carbocycles. The Hall–Kier alpha value is -4.43. The van der Waals surface area contributed by atoms with Crippen LogP contribution in [0.1, 0.15) is 5.56 Å². The highest BCUT2D eigenvalue weighted by Crippen LogP contribution is 2.34. The number of aromatic nitrogens is 6. The quantitative estimate of drug-likeness (QED) is 0.356. The summed E-state index contributed by atoms with van der Waals surface area (Å²) in [5.41, 5.74) is 7.20. The molecule has 0 spiro atoms. The number of aromatic amines is 2. The largest absolute Gasteiger partial charge is 0.353 e. The second-order valence-corrected chi connectivity index (χ2v) is 8.79. The van der Waals surface area contributed by atoms with Gasteiger partial charge in [0.1, 0.15) is 11.5 Å². The highest BCUT2D eigenvalue weighted by atomic mass is 19.1. The summed E-state index contributed by atoms with van der Waals surface area (Å²) < 4.78 is 14.5. The van der Waals surface area contributed by atoms with Crippen molar-refractivity contribution in [1.82, 2.24) is 35.0 Å². The van der Waals surface area contributed by atoms with Gasteiger partial charge in [-0.25, -0.2) is 4.39 Å². The molecule has 5 aromatic heterocycles. The van der Waals surface area contributed by atoms with Gasteiger partial charge >= 0.3 is 0 Å². The van der Waals surface area contributed by atoms with Crippen LogP contribution in [0.5, 0.6) is 0 Å². The molecule has 6 aromatic rings. The second-order valence-electron chi connectivity index (χ2n) is 8.79. The molecule has 0 saturated carbocycles. The van der Waals surface area contributed by atoms with Crippen molar-refractivity contribution >= 4 is 21.8 Å². The van der Waals surface area contributed by atoms with Gasteiger partial charge in [0.25, 0.3) is 0 Å². The Morgan fingerprint density at radius 1 is 0.886 bits per heavy atom. The minimum Gasteiger partial charge on any atom is -0.353 e. The first kappa shape index (κ1) is 21.1.